The maximum absolute atomic E-state index is 12.6. The lowest BCUT2D eigenvalue weighted by atomic mass is 9.95. The average molecular weight is 421 g/mol. The van der Waals surface area contributed by atoms with Crippen LogP contribution in [0.3, 0.4) is 0 Å². The molecular formula is C22H26Cl2N2O2. The van der Waals surface area contributed by atoms with Crippen molar-refractivity contribution < 1.29 is 9.53 Å². The lowest BCUT2D eigenvalue weighted by Gasteiger charge is -2.31. The van der Waals surface area contributed by atoms with Crippen molar-refractivity contribution in [3.8, 4) is 5.75 Å². The molecule has 4 nitrogen and oxygen atoms in total. The summed E-state index contributed by atoms with van der Waals surface area (Å²) in [6.07, 6.45) is 1.72. The zero-order valence-electron chi connectivity index (χ0n) is 16.1. The van der Waals surface area contributed by atoms with Gasteiger partial charge in [0.25, 0.3) is 0 Å². The van der Waals surface area contributed by atoms with Crippen LogP contribution in [-0.4, -0.2) is 30.5 Å². The predicted octanol–water partition coefficient (Wildman–Crippen LogP) is 4.92. The van der Waals surface area contributed by atoms with Gasteiger partial charge in [-0.05, 0) is 56.6 Å². The van der Waals surface area contributed by atoms with E-state index in [0.717, 1.165) is 49.4 Å². The molecule has 1 aliphatic rings. The van der Waals surface area contributed by atoms with Crippen LogP contribution in [0.15, 0.2) is 42.5 Å². The summed E-state index contributed by atoms with van der Waals surface area (Å²) in [5.74, 6) is 1.02. The van der Waals surface area contributed by atoms with E-state index in [1.165, 1.54) is 0 Å². The van der Waals surface area contributed by atoms with Gasteiger partial charge in [-0.1, -0.05) is 47.5 Å². The van der Waals surface area contributed by atoms with E-state index in [1.54, 1.807) is 0 Å². The third kappa shape index (κ3) is 5.63. The minimum absolute atomic E-state index is 0.0595. The maximum Gasteiger partial charge on any atom is 0.223 e. The van der Waals surface area contributed by atoms with E-state index in [4.69, 9.17) is 27.9 Å². The Morgan fingerprint density at radius 2 is 1.89 bits per heavy atom. The molecule has 0 atom stereocenters. The SMILES string of the molecule is CCOc1ccccc1CNC(=O)C1CCN(Cc2ccc(Cl)c(Cl)c2)CC1. The minimum atomic E-state index is 0.0595. The fourth-order valence-electron chi connectivity index (χ4n) is 3.52. The molecule has 0 radical (unpaired) electrons. The number of para-hydroxylation sites is 1. The van der Waals surface area contributed by atoms with Gasteiger partial charge in [-0.15, -0.1) is 0 Å². The fraction of sp³-hybridized carbons (Fsp3) is 0.409. The Kier molecular flexibility index (Phi) is 7.60. The quantitative estimate of drug-likeness (QED) is 0.690. The lowest BCUT2D eigenvalue weighted by molar-refractivity contribution is -0.126. The van der Waals surface area contributed by atoms with E-state index >= 15 is 0 Å². The second-order valence-corrected chi connectivity index (χ2v) is 7.87. The minimum Gasteiger partial charge on any atom is -0.494 e. The average Bonchev–Trinajstić information content (AvgIpc) is 2.71. The van der Waals surface area contributed by atoms with Gasteiger partial charge < -0.3 is 10.1 Å². The summed E-state index contributed by atoms with van der Waals surface area (Å²) >= 11 is 12.1. The van der Waals surface area contributed by atoms with Gasteiger partial charge in [0.2, 0.25) is 5.91 Å². The van der Waals surface area contributed by atoms with Crippen molar-refractivity contribution in [1.82, 2.24) is 10.2 Å². The van der Waals surface area contributed by atoms with Crippen LogP contribution in [-0.2, 0) is 17.9 Å². The molecule has 2 aromatic rings. The van der Waals surface area contributed by atoms with Crippen molar-refractivity contribution in [3.63, 3.8) is 0 Å². The predicted molar refractivity (Wildman–Crippen MR) is 114 cm³/mol. The molecule has 1 heterocycles. The van der Waals surface area contributed by atoms with Gasteiger partial charge >= 0.3 is 0 Å². The number of ether oxygens (including phenoxy) is 1. The summed E-state index contributed by atoms with van der Waals surface area (Å²) in [7, 11) is 0. The number of hydrogen-bond donors (Lipinski definition) is 1. The molecule has 1 aliphatic heterocycles. The molecule has 0 bridgehead atoms. The zero-order chi connectivity index (χ0) is 19.9. The van der Waals surface area contributed by atoms with E-state index in [1.807, 2.05) is 49.4 Å². The van der Waals surface area contributed by atoms with Gasteiger partial charge in [-0.2, -0.15) is 0 Å². The second kappa shape index (κ2) is 10.1. The Hall–Kier alpha value is -1.75. The Morgan fingerprint density at radius 1 is 1.14 bits per heavy atom. The summed E-state index contributed by atoms with van der Waals surface area (Å²) in [6, 6.07) is 13.6. The van der Waals surface area contributed by atoms with E-state index in [9.17, 15) is 4.79 Å². The third-order valence-corrected chi connectivity index (χ3v) is 5.81. The van der Waals surface area contributed by atoms with Crippen LogP contribution in [0.5, 0.6) is 5.75 Å². The normalized spacial score (nSPS) is 15.4. The van der Waals surface area contributed by atoms with Crippen LogP contribution in [0.2, 0.25) is 10.0 Å². The Bertz CT molecular complexity index is 805. The van der Waals surface area contributed by atoms with Gasteiger partial charge in [0.05, 0.1) is 16.7 Å². The van der Waals surface area contributed by atoms with E-state index in [-0.39, 0.29) is 11.8 Å². The highest BCUT2D eigenvalue weighted by molar-refractivity contribution is 6.42. The number of carbonyl (C=O) groups excluding carboxylic acids is 1. The fourth-order valence-corrected chi connectivity index (χ4v) is 3.84. The third-order valence-electron chi connectivity index (χ3n) is 5.07. The van der Waals surface area contributed by atoms with E-state index < -0.39 is 0 Å². The van der Waals surface area contributed by atoms with Crippen molar-refractivity contribution >= 4 is 29.1 Å². The summed E-state index contributed by atoms with van der Waals surface area (Å²) in [5, 5.41) is 4.24. The number of carbonyl (C=O) groups is 1. The highest BCUT2D eigenvalue weighted by Gasteiger charge is 2.25. The van der Waals surface area contributed by atoms with Crippen LogP contribution in [0.25, 0.3) is 0 Å². The Balaban J connectivity index is 1.46. The monoisotopic (exact) mass is 420 g/mol. The van der Waals surface area contributed by atoms with Crippen LogP contribution < -0.4 is 10.1 Å². The standard InChI is InChI=1S/C22H26Cl2N2O2/c1-2-28-21-6-4-3-5-18(21)14-25-22(27)17-9-11-26(12-10-17)15-16-7-8-19(23)20(24)13-16/h3-8,13,17H,2,9-12,14-15H2,1H3,(H,25,27). The largest absolute Gasteiger partial charge is 0.494 e. The Labute approximate surface area is 176 Å². The van der Waals surface area contributed by atoms with Gasteiger partial charge in [0.15, 0.2) is 0 Å². The number of nitrogens with one attached hydrogen (secondary N) is 1. The summed E-state index contributed by atoms with van der Waals surface area (Å²) in [5.41, 5.74) is 2.15. The molecule has 0 unspecified atom stereocenters. The number of hydrogen-bond acceptors (Lipinski definition) is 3. The first-order chi connectivity index (χ1) is 13.6. The lowest BCUT2D eigenvalue weighted by Crippen LogP contribution is -2.40. The molecule has 3 rings (SSSR count). The van der Waals surface area contributed by atoms with Gasteiger partial charge in [0, 0.05) is 24.6 Å². The van der Waals surface area contributed by atoms with Crippen molar-refractivity contribution in [1.29, 1.82) is 0 Å². The topological polar surface area (TPSA) is 41.6 Å². The molecule has 150 valence electrons. The molecular weight excluding hydrogens is 395 g/mol. The van der Waals surface area contributed by atoms with Crippen molar-refractivity contribution in [3.05, 3.63) is 63.6 Å². The molecule has 28 heavy (non-hydrogen) atoms. The maximum atomic E-state index is 12.6. The molecule has 1 saturated heterocycles. The Morgan fingerprint density at radius 3 is 2.61 bits per heavy atom. The van der Waals surface area contributed by atoms with Crippen LogP contribution >= 0.6 is 23.2 Å². The second-order valence-electron chi connectivity index (χ2n) is 7.06. The van der Waals surface area contributed by atoms with Gasteiger partial charge in [-0.3, -0.25) is 9.69 Å². The van der Waals surface area contributed by atoms with Crippen LogP contribution in [0.1, 0.15) is 30.9 Å². The molecule has 0 aliphatic carbocycles. The number of rotatable bonds is 7. The number of halogens is 2. The molecule has 0 saturated carbocycles. The number of amides is 1. The van der Waals surface area contributed by atoms with Gasteiger partial charge in [-0.25, -0.2) is 0 Å². The number of piperidine rings is 1. The zero-order valence-corrected chi connectivity index (χ0v) is 17.6. The molecule has 1 fully saturated rings. The molecule has 6 heteroatoms. The van der Waals surface area contributed by atoms with E-state index in [0.29, 0.717) is 23.2 Å². The number of nitrogens with zero attached hydrogens (tertiary/aromatic N) is 1. The summed E-state index contributed by atoms with van der Waals surface area (Å²) in [6.45, 7) is 5.69. The van der Waals surface area contributed by atoms with Crippen molar-refractivity contribution in [2.45, 2.75) is 32.9 Å². The van der Waals surface area contributed by atoms with Crippen molar-refractivity contribution in [2.24, 2.45) is 5.92 Å². The molecule has 1 amide bonds. The molecule has 0 aromatic heterocycles. The first-order valence-electron chi connectivity index (χ1n) is 9.71. The first kappa shape index (κ1) is 21.0. The molecule has 1 N–H and O–H groups in total. The first-order valence-corrected chi connectivity index (χ1v) is 10.5. The summed E-state index contributed by atoms with van der Waals surface area (Å²) in [4.78, 5) is 14.9. The highest BCUT2D eigenvalue weighted by Crippen LogP contribution is 2.25. The highest BCUT2D eigenvalue weighted by atomic mass is 35.5. The van der Waals surface area contributed by atoms with Crippen LogP contribution in [0, 0.1) is 5.92 Å². The number of benzene rings is 2. The smallest absolute Gasteiger partial charge is 0.223 e. The molecule has 2 aromatic carbocycles. The van der Waals surface area contributed by atoms with Crippen LogP contribution in [0.4, 0.5) is 0 Å². The summed E-state index contributed by atoms with van der Waals surface area (Å²) < 4.78 is 5.63. The number of likely N-dealkylation sites (tertiary alicyclic amines) is 1. The molecule has 0 spiro atoms. The van der Waals surface area contributed by atoms with E-state index in [2.05, 4.69) is 10.2 Å². The van der Waals surface area contributed by atoms with Gasteiger partial charge in [0.1, 0.15) is 5.75 Å². The van der Waals surface area contributed by atoms with Crippen molar-refractivity contribution in [2.75, 3.05) is 19.7 Å².